The first-order valence-corrected chi connectivity index (χ1v) is 12.8. The van der Waals surface area contributed by atoms with Crippen LogP contribution in [0.2, 0.25) is 0 Å². The first kappa shape index (κ1) is 26.3. The molecule has 1 amide bonds. The highest BCUT2D eigenvalue weighted by Gasteiger charge is 2.18. The lowest BCUT2D eigenvalue weighted by molar-refractivity contribution is 0.0951. The largest absolute Gasteiger partial charge is 0.507 e. The second-order valence-corrected chi connectivity index (χ2v) is 9.37. The molecule has 6 aromatic rings. The molecule has 42 heavy (non-hydrogen) atoms. The van der Waals surface area contributed by atoms with E-state index in [4.69, 9.17) is 10.7 Å². The molecule has 2 aromatic carbocycles. The number of carbonyl (C=O) groups is 2. The van der Waals surface area contributed by atoms with Crippen molar-refractivity contribution in [3.63, 3.8) is 0 Å². The normalized spacial score (nSPS) is 11.0. The molecule has 0 aliphatic heterocycles. The number of nitrogens with two attached hydrogens (primary N) is 1. The summed E-state index contributed by atoms with van der Waals surface area (Å²) >= 11 is 0. The molecule has 4 heterocycles. The van der Waals surface area contributed by atoms with Crippen LogP contribution < -0.4 is 11.1 Å². The summed E-state index contributed by atoms with van der Waals surface area (Å²) in [6, 6.07) is 20.0. The van der Waals surface area contributed by atoms with Crippen LogP contribution in [0.4, 0.5) is 10.2 Å². The summed E-state index contributed by atoms with van der Waals surface area (Å²) in [5.41, 5.74) is 11.6. The average Bonchev–Trinajstić information content (AvgIpc) is 3.39. The smallest absolute Gasteiger partial charge is 0.251 e. The number of nitrogen functional groups attached to an aromatic ring is 1. The molecule has 0 aliphatic rings. The van der Waals surface area contributed by atoms with Crippen molar-refractivity contribution in [3.8, 4) is 34.1 Å². The van der Waals surface area contributed by atoms with Gasteiger partial charge in [-0.25, -0.2) is 14.4 Å². The standard InChI is InChI=1S/C31H22FN7O3/c32-21-6-9-24(35-15-21)26-16-36-25-13-27(23-2-1-11-34-29(23)33)39(30(25)38-26)22-7-3-18(4-8-22)14-37-31(42)19-5-10-28(41)20(12-19)17-40/h1-13,15-17,41H,14H2,(H2,33,34)(H,37,42). The van der Waals surface area contributed by atoms with Gasteiger partial charge in [0.05, 0.1) is 29.3 Å². The fraction of sp³-hybridized carbons (Fsp3) is 0.0323. The van der Waals surface area contributed by atoms with Gasteiger partial charge < -0.3 is 16.2 Å². The van der Waals surface area contributed by atoms with Crippen molar-refractivity contribution in [1.82, 2.24) is 29.8 Å². The minimum atomic E-state index is -0.449. The topological polar surface area (TPSA) is 149 Å². The van der Waals surface area contributed by atoms with Crippen LogP contribution in [0, 0.1) is 5.82 Å². The monoisotopic (exact) mass is 559 g/mol. The van der Waals surface area contributed by atoms with Crippen molar-refractivity contribution in [3.05, 3.63) is 114 Å². The van der Waals surface area contributed by atoms with E-state index in [1.807, 2.05) is 41.0 Å². The summed E-state index contributed by atoms with van der Waals surface area (Å²) in [4.78, 5) is 41.5. The predicted molar refractivity (Wildman–Crippen MR) is 154 cm³/mol. The van der Waals surface area contributed by atoms with Crippen LogP contribution in [0.1, 0.15) is 26.3 Å². The molecular weight excluding hydrogens is 537 g/mol. The number of aldehydes is 1. The Kier molecular flexibility index (Phi) is 6.81. The van der Waals surface area contributed by atoms with E-state index in [9.17, 15) is 19.1 Å². The number of carbonyl (C=O) groups excluding carboxylic acids is 2. The third kappa shape index (κ3) is 5.02. The van der Waals surface area contributed by atoms with Gasteiger partial charge in [0.15, 0.2) is 11.9 Å². The number of rotatable bonds is 7. The fourth-order valence-electron chi connectivity index (χ4n) is 4.55. The molecule has 11 heteroatoms. The van der Waals surface area contributed by atoms with Crippen molar-refractivity contribution in [2.24, 2.45) is 0 Å². The molecule has 0 aliphatic carbocycles. The molecule has 206 valence electrons. The van der Waals surface area contributed by atoms with E-state index in [0.717, 1.165) is 23.1 Å². The first-order chi connectivity index (χ1) is 20.4. The minimum Gasteiger partial charge on any atom is -0.507 e. The third-order valence-corrected chi connectivity index (χ3v) is 6.68. The van der Waals surface area contributed by atoms with Gasteiger partial charge in [-0.05, 0) is 66.2 Å². The number of amides is 1. The van der Waals surface area contributed by atoms with Gasteiger partial charge in [-0.3, -0.25) is 24.1 Å². The lowest BCUT2D eigenvalue weighted by atomic mass is 10.1. The second kappa shape index (κ2) is 10.9. The van der Waals surface area contributed by atoms with Crippen LogP contribution >= 0.6 is 0 Å². The van der Waals surface area contributed by atoms with Gasteiger partial charge in [0.2, 0.25) is 0 Å². The molecule has 0 atom stereocenters. The number of phenols is 1. The Morgan fingerprint density at radius 2 is 1.81 bits per heavy atom. The van der Waals surface area contributed by atoms with Gasteiger partial charge >= 0.3 is 0 Å². The molecule has 0 unspecified atom stereocenters. The number of aromatic hydroxyl groups is 1. The SMILES string of the molecule is Nc1ncccc1-c1cc2ncc(-c3ccc(F)cn3)nc2n1-c1ccc(CNC(=O)c2ccc(O)c(C=O)c2)cc1. The van der Waals surface area contributed by atoms with Crippen LogP contribution in [-0.2, 0) is 6.54 Å². The van der Waals surface area contributed by atoms with Crippen molar-refractivity contribution in [1.29, 1.82) is 0 Å². The Balaban J connectivity index is 1.35. The molecule has 0 spiro atoms. The molecule has 6 rings (SSSR count). The maximum absolute atomic E-state index is 13.5. The number of hydrogen-bond acceptors (Lipinski definition) is 8. The van der Waals surface area contributed by atoms with E-state index in [0.29, 0.717) is 40.2 Å². The molecule has 0 saturated heterocycles. The molecule has 0 saturated carbocycles. The predicted octanol–water partition coefficient (Wildman–Crippen LogP) is 4.71. The van der Waals surface area contributed by atoms with E-state index in [2.05, 4.69) is 20.3 Å². The number of benzene rings is 2. The third-order valence-electron chi connectivity index (χ3n) is 6.68. The average molecular weight is 560 g/mol. The summed E-state index contributed by atoms with van der Waals surface area (Å²) in [6.07, 6.45) is 4.82. The Bertz CT molecular complexity index is 1960. The lowest BCUT2D eigenvalue weighted by Gasteiger charge is -2.13. The van der Waals surface area contributed by atoms with Gasteiger partial charge in [0.25, 0.3) is 5.91 Å². The van der Waals surface area contributed by atoms with Crippen LogP contribution in [0.25, 0.3) is 39.5 Å². The van der Waals surface area contributed by atoms with E-state index in [1.54, 1.807) is 24.5 Å². The van der Waals surface area contributed by atoms with Gasteiger partial charge in [0.1, 0.15) is 28.6 Å². The maximum Gasteiger partial charge on any atom is 0.251 e. The highest BCUT2D eigenvalue weighted by Crippen LogP contribution is 2.33. The first-order valence-electron chi connectivity index (χ1n) is 12.8. The van der Waals surface area contributed by atoms with Gasteiger partial charge in [-0.2, -0.15) is 0 Å². The number of nitrogens with zero attached hydrogens (tertiary/aromatic N) is 5. The number of fused-ring (bicyclic) bond motifs is 1. The zero-order chi connectivity index (χ0) is 29.2. The number of halogens is 1. The van der Waals surface area contributed by atoms with Crippen molar-refractivity contribution in [2.75, 3.05) is 5.73 Å². The molecule has 10 nitrogen and oxygen atoms in total. The summed E-state index contributed by atoms with van der Waals surface area (Å²) in [5, 5.41) is 12.5. The lowest BCUT2D eigenvalue weighted by Crippen LogP contribution is -2.22. The number of anilines is 1. The summed E-state index contributed by atoms with van der Waals surface area (Å²) < 4.78 is 15.4. The van der Waals surface area contributed by atoms with Crippen LogP contribution in [-0.4, -0.2) is 41.8 Å². The van der Waals surface area contributed by atoms with E-state index in [-0.39, 0.29) is 29.3 Å². The maximum atomic E-state index is 13.5. The number of pyridine rings is 2. The van der Waals surface area contributed by atoms with Crippen molar-refractivity contribution in [2.45, 2.75) is 6.54 Å². The van der Waals surface area contributed by atoms with Crippen LogP contribution in [0.5, 0.6) is 5.75 Å². The second-order valence-electron chi connectivity index (χ2n) is 9.37. The highest BCUT2D eigenvalue weighted by molar-refractivity contribution is 5.96. The molecule has 0 bridgehead atoms. The van der Waals surface area contributed by atoms with Crippen LogP contribution in [0.3, 0.4) is 0 Å². The number of nitrogens with one attached hydrogen (secondary N) is 1. The zero-order valence-corrected chi connectivity index (χ0v) is 21.9. The Morgan fingerprint density at radius 1 is 0.976 bits per heavy atom. The van der Waals surface area contributed by atoms with E-state index < -0.39 is 5.82 Å². The Labute approximate surface area is 238 Å². The molecule has 0 radical (unpaired) electrons. The van der Waals surface area contributed by atoms with Crippen molar-refractivity contribution >= 4 is 29.2 Å². The zero-order valence-electron chi connectivity index (χ0n) is 21.9. The molecule has 4 N–H and O–H groups in total. The van der Waals surface area contributed by atoms with Gasteiger partial charge in [0, 0.05) is 29.6 Å². The van der Waals surface area contributed by atoms with Crippen LogP contribution in [0.15, 0.2) is 91.4 Å². The molecule has 4 aromatic heterocycles. The van der Waals surface area contributed by atoms with Gasteiger partial charge in [-0.15, -0.1) is 0 Å². The summed E-state index contributed by atoms with van der Waals surface area (Å²) in [6.45, 7) is 0.228. The number of hydrogen-bond donors (Lipinski definition) is 3. The fourth-order valence-corrected chi connectivity index (χ4v) is 4.55. The number of phenolic OH excluding ortho intramolecular Hbond substituents is 1. The Hall–Kier alpha value is -5.97. The quantitative estimate of drug-likeness (QED) is 0.238. The van der Waals surface area contributed by atoms with Crippen molar-refractivity contribution < 1.29 is 19.1 Å². The highest BCUT2D eigenvalue weighted by atomic mass is 19.1. The molecule has 0 fully saturated rings. The van der Waals surface area contributed by atoms with E-state index >= 15 is 0 Å². The minimum absolute atomic E-state index is 0.0393. The Morgan fingerprint density at radius 3 is 2.55 bits per heavy atom. The van der Waals surface area contributed by atoms with Gasteiger partial charge in [-0.1, -0.05) is 12.1 Å². The summed E-state index contributed by atoms with van der Waals surface area (Å²) in [7, 11) is 0. The summed E-state index contributed by atoms with van der Waals surface area (Å²) in [5.74, 6) is -0.679. The number of aromatic nitrogens is 5. The molecular formula is C31H22FN7O3. The van der Waals surface area contributed by atoms with E-state index in [1.165, 1.54) is 24.3 Å².